The van der Waals surface area contributed by atoms with Crippen LogP contribution in [-0.2, 0) is 0 Å². The summed E-state index contributed by atoms with van der Waals surface area (Å²) in [5, 5.41) is 0.993. The second kappa shape index (κ2) is 6.52. The molecule has 6 heterocycles. The molecule has 1 aromatic carbocycles. The van der Waals surface area contributed by atoms with Crippen LogP contribution in [0.2, 0.25) is 0 Å². The van der Waals surface area contributed by atoms with E-state index in [2.05, 4.69) is 36.9 Å². The lowest BCUT2D eigenvalue weighted by atomic mass is 9.86. The molecule has 3 saturated heterocycles. The van der Waals surface area contributed by atoms with E-state index in [-0.39, 0.29) is 5.82 Å². The SMILES string of the molecule is Cc1ccc(N2C3CC2CN(c2ccc(-c4ncnc5[nH]ccc45)cn2)C3)cc1F. The van der Waals surface area contributed by atoms with Gasteiger partial charge in [0.25, 0.3) is 0 Å². The fraction of sp³-hybridized carbons (Fsp3) is 0.261. The zero-order valence-electron chi connectivity index (χ0n) is 16.6. The molecule has 150 valence electrons. The Hall–Kier alpha value is -3.48. The summed E-state index contributed by atoms with van der Waals surface area (Å²) >= 11 is 0. The fourth-order valence-electron chi connectivity index (χ4n) is 4.78. The lowest BCUT2D eigenvalue weighted by Gasteiger charge is -2.58. The summed E-state index contributed by atoms with van der Waals surface area (Å²) in [7, 11) is 0. The summed E-state index contributed by atoms with van der Waals surface area (Å²) in [6.45, 7) is 3.59. The molecule has 30 heavy (non-hydrogen) atoms. The first-order valence-electron chi connectivity index (χ1n) is 10.2. The second-order valence-electron chi connectivity index (χ2n) is 8.16. The molecule has 3 aliphatic heterocycles. The number of hydrogen-bond donors (Lipinski definition) is 1. The molecular formula is C23H21FN6. The van der Waals surface area contributed by atoms with Gasteiger partial charge in [-0.1, -0.05) is 6.07 Å². The van der Waals surface area contributed by atoms with Gasteiger partial charge in [-0.25, -0.2) is 19.3 Å². The highest BCUT2D eigenvalue weighted by atomic mass is 19.1. The molecule has 1 N–H and O–H groups in total. The van der Waals surface area contributed by atoms with Crippen molar-refractivity contribution in [2.24, 2.45) is 0 Å². The van der Waals surface area contributed by atoms with Crippen LogP contribution in [0.15, 0.2) is 55.1 Å². The zero-order chi connectivity index (χ0) is 20.2. The predicted molar refractivity (Wildman–Crippen MR) is 115 cm³/mol. The number of aryl methyl sites for hydroxylation is 1. The van der Waals surface area contributed by atoms with Gasteiger partial charge in [0.05, 0.1) is 5.69 Å². The van der Waals surface area contributed by atoms with E-state index in [0.29, 0.717) is 17.6 Å². The van der Waals surface area contributed by atoms with Crippen LogP contribution in [0.1, 0.15) is 12.0 Å². The van der Waals surface area contributed by atoms with Crippen LogP contribution in [0, 0.1) is 12.7 Å². The van der Waals surface area contributed by atoms with E-state index in [9.17, 15) is 4.39 Å². The maximum atomic E-state index is 14.0. The van der Waals surface area contributed by atoms with Crippen LogP contribution >= 0.6 is 0 Å². The highest BCUT2D eigenvalue weighted by Gasteiger charge is 2.45. The molecule has 2 bridgehead atoms. The van der Waals surface area contributed by atoms with Gasteiger partial charge >= 0.3 is 0 Å². The van der Waals surface area contributed by atoms with E-state index < -0.39 is 0 Å². The second-order valence-corrected chi connectivity index (χ2v) is 8.16. The summed E-state index contributed by atoms with van der Waals surface area (Å²) < 4.78 is 14.0. The molecular weight excluding hydrogens is 379 g/mol. The van der Waals surface area contributed by atoms with Crippen molar-refractivity contribution in [3.05, 3.63) is 66.5 Å². The van der Waals surface area contributed by atoms with Gasteiger partial charge in [-0.3, -0.25) is 0 Å². The Morgan fingerprint density at radius 1 is 1.03 bits per heavy atom. The van der Waals surface area contributed by atoms with Gasteiger partial charge in [-0.15, -0.1) is 0 Å². The zero-order valence-corrected chi connectivity index (χ0v) is 16.6. The highest BCUT2D eigenvalue weighted by molar-refractivity contribution is 5.90. The number of benzene rings is 1. The third kappa shape index (κ3) is 2.65. The molecule has 3 aromatic heterocycles. The van der Waals surface area contributed by atoms with E-state index in [0.717, 1.165) is 53.3 Å². The van der Waals surface area contributed by atoms with Gasteiger partial charge < -0.3 is 14.8 Å². The molecule has 3 aliphatic rings. The largest absolute Gasteiger partial charge is 0.362 e. The summed E-state index contributed by atoms with van der Waals surface area (Å²) in [5.74, 6) is 0.843. The third-order valence-electron chi connectivity index (χ3n) is 6.35. The Kier molecular flexibility index (Phi) is 3.78. The lowest BCUT2D eigenvalue weighted by Crippen LogP contribution is -2.69. The van der Waals surface area contributed by atoms with Crippen molar-refractivity contribution in [1.29, 1.82) is 0 Å². The van der Waals surface area contributed by atoms with Gasteiger partial charge in [0, 0.05) is 54.2 Å². The number of aromatic nitrogens is 4. The minimum absolute atomic E-state index is 0.132. The first kappa shape index (κ1) is 17.4. The average molecular weight is 400 g/mol. The number of nitrogens with one attached hydrogen (secondary N) is 1. The number of H-pyrrole nitrogens is 1. The Morgan fingerprint density at radius 3 is 2.67 bits per heavy atom. The average Bonchev–Trinajstić information content (AvgIpc) is 3.25. The number of hydrogen-bond acceptors (Lipinski definition) is 5. The number of halogens is 1. The van der Waals surface area contributed by atoms with Gasteiger partial charge in [0.15, 0.2) is 0 Å². The standard InChI is InChI=1S/C23H21FN6/c1-14-2-4-16(9-20(14)24)30-17-8-18(30)12-29(11-17)21-5-3-15(10-26-21)22-19-6-7-25-23(19)28-13-27-22/h2-7,9-10,13,17-18H,8,11-12H2,1H3,(H,25,27,28). The van der Waals surface area contributed by atoms with E-state index in [4.69, 9.17) is 4.98 Å². The normalized spacial score (nSPS) is 20.5. The predicted octanol–water partition coefficient (Wildman–Crippen LogP) is 3.93. The molecule has 0 aliphatic carbocycles. The van der Waals surface area contributed by atoms with Crippen LogP contribution in [0.5, 0.6) is 0 Å². The summed E-state index contributed by atoms with van der Waals surface area (Å²) in [5.41, 5.74) is 4.37. The number of piperidine rings is 1. The Balaban J connectivity index is 1.22. The smallest absolute Gasteiger partial charge is 0.141 e. The molecule has 2 atom stereocenters. The number of pyridine rings is 1. The Bertz CT molecular complexity index is 1220. The molecule has 0 saturated carbocycles. The van der Waals surface area contributed by atoms with Crippen molar-refractivity contribution in [2.75, 3.05) is 22.9 Å². The van der Waals surface area contributed by atoms with E-state index in [1.165, 1.54) is 0 Å². The van der Waals surface area contributed by atoms with Crippen LogP contribution in [0.3, 0.4) is 0 Å². The number of nitrogens with zero attached hydrogens (tertiary/aromatic N) is 5. The van der Waals surface area contributed by atoms with Crippen molar-refractivity contribution < 1.29 is 4.39 Å². The van der Waals surface area contributed by atoms with Gasteiger partial charge in [0.2, 0.25) is 0 Å². The van der Waals surface area contributed by atoms with Crippen molar-refractivity contribution in [3.8, 4) is 11.3 Å². The van der Waals surface area contributed by atoms with Crippen LogP contribution < -0.4 is 9.80 Å². The first-order valence-corrected chi connectivity index (χ1v) is 10.2. The molecule has 4 aromatic rings. The Morgan fingerprint density at radius 2 is 1.90 bits per heavy atom. The molecule has 2 unspecified atom stereocenters. The first-order chi connectivity index (χ1) is 14.7. The third-order valence-corrected chi connectivity index (χ3v) is 6.35. The molecule has 6 nitrogen and oxygen atoms in total. The number of anilines is 2. The summed E-state index contributed by atoms with van der Waals surface area (Å²) in [4.78, 5) is 21.2. The number of aromatic amines is 1. The maximum absolute atomic E-state index is 14.0. The topological polar surface area (TPSA) is 60.9 Å². The van der Waals surface area contributed by atoms with E-state index in [1.54, 1.807) is 19.3 Å². The van der Waals surface area contributed by atoms with Gasteiger partial charge in [0.1, 0.15) is 23.6 Å². The summed E-state index contributed by atoms with van der Waals surface area (Å²) in [6.07, 6.45) is 6.48. The molecule has 7 rings (SSSR count). The maximum Gasteiger partial charge on any atom is 0.141 e. The monoisotopic (exact) mass is 400 g/mol. The van der Waals surface area contributed by atoms with Crippen LogP contribution in [-0.4, -0.2) is 45.1 Å². The number of piperazine rings is 1. The molecule has 0 spiro atoms. The number of rotatable bonds is 3. The van der Waals surface area contributed by atoms with Crippen LogP contribution in [0.4, 0.5) is 15.9 Å². The van der Waals surface area contributed by atoms with Gasteiger partial charge in [-0.05, 0) is 49.2 Å². The highest BCUT2D eigenvalue weighted by Crippen LogP contribution is 2.39. The van der Waals surface area contributed by atoms with Crippen molar-refractivity contribution in [2.45, 2.75) is 25.4 Å². The molecule has 0 radical (unpaired) electrons. The minimum Gasteiger partial charge on any atom is -0.362 e. The quantitative estimate of drug-likeness (QED) is 0.565. The molecule has 3 fully saturated rings. The molecule has 0 amide bonds. The van der Waals surface area contributed by atoms with Crippen LogP contribution in [0.25, 0.3) is 22.3 Å². The molecule has 7 heteroatoms. The van der Waals surface area contributed by atoms with E-state index in [1.807, 2.05) is 30.6 Å². The van der Waals surface area contributed by atoms with Crippen molar-refractivity contribution in [3.63, 3.8) is 0 Å². The van der Waals surface area contributed by atoms with Gasteiger partial charge in [-0.2, -0.15) is 0 Å². The fourth-order valence-corrected chi connectivity index (χ4v) is 4.78. The number of fused-ring (bicyclic) bond motifs is 3. The minimum atomic E-state index is -0.132. The van der Waals surface area contributed by atoms with Crippen molar-refractivity contribution in [1.82, 2.24) is 19.9 Å². The van der Waals surface area contributed by atoms with Crippen molar-refractivity contribution >= 4 is 22.5 Å². The summed E-state index contributed by atoms with van der Waals surface area (Å²) in [6, 6.07) is 12.5. The Labute approximate surface area is 173 Å². The lowest BCUT2D eigenvalue weighted by molar-refractivity contribution is 0.290. The van der Waals surface area contributed by atoms with E-state index >= 15 is 0 Å².